The van der Waals surface area contributed by atoms with Gasteiger partial charge in [-0.05, 0) is 13.5 Å². The smallest absolute Gasteiger partial charge is 0.497 e. The van der Waals surface area contributed by atoms with Crippen LogP contribution in [0.5, 0.6) is 0 Å². The van der Waals surface area contributed by atoms with E-state index < -0.39 is 44.5 Å². The van der Waals surface area contributed by atoms with E-state index in [9.17, 15) is 18.0 Å². The van der Waals surface area contributed by atoms with Gasteiger partial charge < -0.3 is 9.31 Å². The van der Waals surface area contributed by atoms with Crippen LogP contribution in [0.4, 0.5) is 0 Å². The number of alkyl halides is 4. The van der Waals surface area contributed by atoms with Crippen LogP contribution in [0.25, 0.3) is 0 Å². The van der Waals surface area contributed by atoms with Crippen molar-refractivity contribution >= 4 is 75.8 Å². The third-order valence-electron chi connectivity index (χ3n) is 3.13. The topological polar surface area (TPSA) is 122 Å². The minimum absolute atomic E-state index is 0.0684. The number of nitrogens with one attached hydrogen (secondary N) is 1. The van der Waals surface area contributed by atoms with Crippen molar-refractivity contribution in [2.24, 2.45) is 0 Å². The molecule has 0 aromatic rings. The monoisotopic (exact) mass is 496 g/mol. The second-order valence-corrected chi connectivity index (χ2v) is 10.2. The van der Waals surface area contributed by atoms with E-state index in [0.29, 0.717) is 6.42 Å². The Morgan fingerprint density at radius 2 is 1.82 bits per heavy atom. The van der Waals surface area contributed by atoms with Gasteiger partial charge in [-0.15, -0.1) is 17.5 Å². The lowest BCUT2D eigenvalue weighted by atomic mass is 9.78. The van der Waals surface area contributed by atoms with E-state index in [4.69, 9.17) is 60.3 Å². The fourth-order valence-corrected chi connectivity index (χ4v) is 3.70. The zero-order valence-corrected chi connectivity index (χ0v) is 18.4. The maximum absolute atomic E-state index is 11.8. The highest BCUT2D eigenvalue weighted by Crippen LogP contribution is 2.34. The summed E-state index contributed by atoms with van der Waals surface area (Å²) in [6.45, 7) is -0.439. The first-order valence-electron chi connectivity index (χ1n) is 7.76. The van der Waals surface area contributed by atoms with E-state index in [1.165, 1.54) is 11.9 Å². The molecule has 0 aromatic carbocycles. The first-order valence-corrected chi connectivity index (χ1v) is 10.8. The zero-order chi connectivity index (χ0) is 21.5. The average molecular weight is 498 g/mol. The van der Waals surface area contributed by atoms with Crippen LogP contribution in [0.15, 0.2) is 0 Å². The molecule has 0 spiro atoms. The fraction of sp³-hybridized carbons (Fsp3) is 0.692. The van der Waals surface area contributed by atoms with Crippen molar-refractivity contribution in [1.29, 1.82) is 0 Å². The number of hydrogen-bond acceptors (Lipinski definition) is 7. The molecular weight excluding hydrogens is 481 g/mol. The van der Waals surface area contributed by atoms with Crippen molar-refractivity contribution in [2.45, 2.75) is 34.4 Å². The van der Waals surface area contributed by atoms with E-state index in [0.717, 1.165) is 0 Å². The van der Waals surface area contributed by atoms with Crippen LogP contribution in [0.1, 0.15) is 19.3 Å². The van der Waals surface area contributed by atoms with Gasteiger partial charge in [0.25, 0.3) is 0 Å². The van der Waals surface area contributed by atoms with Gasteiger partial charge in [-0.2, -0.15) is 13.1 Å². The van der Waals surface area contributed by atoms with Crippen molar-refractivity contribution in [3.8, 4) is 11.8 Å². The van der Waals surface area contributed by atoms with Crippen LogP contribution in [-0.2, 0) is 29.2 Å². The summed E-state index contributed by atoms with van der Waals surface area (Å²) < 4.78 is 41.5. The summed E-state index contributed by atoms with van der Waals surface area (Å²) in [5.74, 6) is 1.96. The average Bonchev–Trinajstić information content (AvgIpc) is 2.44. The number of nitrogens with zero attached hydrogens (tertiary/aromatic N) is 1. The van der Waals surface area contributed by atoms with Crippen molar-refractivity contribution in [1.82, 2.24) is 9.62 Å². The molecule has 1 fully saturated rings. The van der Waals surface area contributed by atoms with E-state index >= 15 is 0 Å². The number of carbonyl (C=O) groups is 2. The van der Waals surface area contributed by atoms with Crippen LogP contribution >= 0.6 is 46.4 Å². The molecule has 0 amide bonds. The van der Waals surface area contributed by atoms with Gasteiger partial charge in [-0.3, -0.25) is 19.0 Å². The molecule has 15 heteroatoms. The van der Waals surface area contributed by atoms with Gasteiger partial charge in [0, 0.05) is 18.2 Å². The molecule has 0 aromatic heterocycles. The first-order chi connectivity index (χ1) is 12.7. The van der Waals surface area contributed by atoms with Crippen molar-refractivity contribution in [3.63, 3.8) is 0 Å². The number of carbonyl (C=O) groups excluding carboxylic acids is 2. The van der Waals surface area contributed by atoms with Gasteiger partial charge >= 0.3 is 29.4 Å². The molecule has 1 rings (SSSR count). The molecule has 2 unspecified atom stereocenters. The molecule has 9 nitrogen and oxygen atoms in total. The highest BCUT2D eigenvalue weighted by Gasteiger charge is 2.41. The predicted molar refractivity (Wildman–Crippen MR) is 105 cm³/mol. The SMILES string of the molecule is CN1CC(=O)OB(C(C#CCCC(Cl)CC(Cl)(Cl)Cl)NS(=O)(=O)O)OC(=O)C1. The maximum atomic E-state index is 11.8. The first kappa shape index (κ1) is 25.6. The van der Waals surface area contributed by atoms with Crippen molar-refractivity contribution in [2.75, 3.05) is 20.1 Å². The maximum Gasteiger partial charge on any atom is 0.631 e. The third kappa shape index (κ3) is 11.5. The molecule has 2 N–H and O–H groups in total. The van der Waals surface area contributed by atoms with Gasteiger partial charge in [-0.25, -0.2) is 0 Å². The molecule has 1 aliphatic heterocycles. The Morgan fingerprint density at radius 3 is 2.29 bits per heavy atom. The summed E-state index contributed by atoms with van der Waals surface area (Å²) in [5, 5.41) is -0.512. The molecule has 0 aliphatic carbocycles. The second-order valence-electron chi connectivity index (χ2n) is 5.87. The van der Waals surface area contributed by atoms with Crippen LogP contribution in [0.2, 0.25) is 0 Å². The van der Waals surface area contributed by atoms with Crippen LogP contribution in [0.3, 0.4) is 0 Å². The summed E-state index contributed by atoms with van der Waals surface area (Å²) in [6.07, 6.45) is 0.533. The van der Waals surface area contributed by atoms with E-state index in [2.05, 4.69) is 11.8 Å². The van der Waals surface area contributed by atoms with Crippen molar-refractivity contribution < 1.29 is 31.9 Å². The van der Waals surface area contributed by atoms with E-state index in [-0.39, 0.29) is 25.9 Å². The summed E-state index contributed by atoms with van der Waals surface area (Å²) in [4.78, 5) is 24.9. The van der Waals surface area contributed by atoms with E-state index in [1.807, 2.05) is 0 Å². The van der Waals surface area contributed by atoms with Gasteiger partial charge in [0.2, 0.25) is 0 Å². The fourth-order valence-electron chi connectivity index (χ4n) is 2.07. The molecule has 0 saturated carbocycles. The van der Waals surface area contributed by atoms with Gasteiger partial charge in [0.15, 0.2) is 3.79 Å². The number of likely N-dealkylation sites (N-methyl/N-ethyl adjacent to an activating group) is 1. The lowest BCUT2D eigenvalue weighted by Gasteiger charge is -2.24. The van der Waals surface area contributed by atoms with Gasteiger partial charge in [-0.1, -0.05) is 40.7 Å². The zero-order valence-electron chi connectivity index (χ0n) is 14.5. The quantitative estimate of drug-likeness (QED) is 0.241. The Kier molecular flexibility index (Phi) is 10.1. The Morgan fingerprint density at radius 1 is 1.29 bits per heavy atom. The molecule has 0 bridgehead atoms. The largest absolute Gasteiger partial charge is 0.631 e. The lowest BCUT2D eigenvalue weighted by Crippen LogP contribution is -2.53. The Balaban J connectivity index is 2.85. The van der Waals surface area contributed by atoms with E-state index in [1.54, 1.807) is 4.72 Å². The summed E-state index contributed by atoms with van der Waals surface area (Å²) in [7, 11) is -4.93. The normalized spacial score (nSPS) is 18.9. The van der Waals surface area contributed by atoms with Crippen LogP contribution < -0.4 is 4.72 Å². The number of halogens is 4. The highest BCUT2D eigenvalue weighted by molar-refractivity contribution is 7.83. The van der Waals surface area contributed by atoms with Crippen molar-refractivity contribution in [3.05, 3.63) is 0 Å². The molecule has 1 aliphatic rings. The summed E-state index contributed by atoms with van der Waals surface area (Å²) in [6, 6.07) is 0. The van der Waals surface area contributed by atoms with Gasteiger partial charge in [0.1, 0.15) is 5.94 Å². The molecular formula is C13H17BCl4N2O7S. The van der Waals surface area contributed by atoms with Crippen LogP contribution in [0, 0.1) is 11.8 Å². The molecule has 1 saturated heterocycles. The second kappa shape index (κ2) is 11.1. The van der Waals surface area contributed by atoms with Gasteiger partial charge in [0.05, 0.1) is 13.1 Å². The third-order valence-corrected chi connectivity index (χ3v) is 4.52. The standard InChI is InChI=1S/C13H17BCl4N2O7S/c1-20-7-11(21)26-14(27-12(22)8-20)10(19-28(23,24)25)5-3-2-4-9(15)6-13(16,17)18/h9-10,19H,2,4,6-8H2,1H3,(H,23,24,25). The molecule has 28 heavy (non-hydrogen) atoms. The van der Waals surface area contributed by atoms with Crippen LogP contribution in [-0.4, -0.2) is 72.2 Å². The lowest BCUT2D eigenvalue weighted by molar-refractivity contribution is -0.145. The highest BCUT2D eigenvalue weighted by atomic mass is 35.6. The molecule has 2 atom stereocenters. The number of rotatable bonds is 6. The Bertz CT molecular complexity index is 717. The summed E-state index contributed by atoms with van der Waals surface area (Å²) in [5.41, 5.74) is 0. The minimum atomic E-state index is -4.74. The predicted octanol–water partition coefficient (Wildman–Crippen LogP) is 0.958. The Labute approximate surface area is 183 Å². The number of hydrogen-bond donors (Lipinski definition) is 2. The molecule has 0 radical (unpaired) electrons. The minimum Gasteiger partial charge on any atom is -0.497 e. The molecule has 1 heterocycles. The molecule has 158 valence electrons. The Hall–Kier alpha value is -0.445. The summed E-state index contributed by atoms with van der Waals surface area (Å²) >= 11 is 22.9.